The molecule has 0 aromatic carbocycles. The van der Waals surface area contributed by atoms with Crippen molar-refractivity contribution in [3.63, 3.8) is 0 Å². The molecule has 2 rings (SSSR count). The maximum absolute atomic E-state index is 4.37. The number of hydrogen-bond acceptors (Lipinski definition) is 2. The largest absolute Gasteiger partial charge is 0.257 e. The van der Waals surface area contributed by atoms with Crippen LogP contribution >= 0.6 is 11.3 Å². The van der Waals surface area contributed by atoms with Crippen LogP contribution in [0.25, 0.3) is 0 Å². The van der Waals surface area contributed by atoms with E-state index in [-0.39, 0.29) is 0 Å². The molecule has 0 N–H and O–H groups in total. The van der Waals surface area contributed by atoms with Crippen LogP contribution < -0.4 is 0 Å². The molecule has 0 aliphatic carbocycles. The van der Waals surface area contributed by atoms with E-state index in [1.165, 1.54) is 5.56 Å². The quantitative estimate of drug-likeness (QED) is 0.643. The number of rotatable bonds is 1. The Bertz CT molecular complexity index is 357. The van der Waals surface area contributed by atoms with Crippen molar-refractivity contribution in [2.45, 2.75) is 6.92 Å². The fraction of sp³-hybridized carbons (Fsp3) is 0.182. The standard InChI is InChI=1S/C11H11NS/c1-9-2-3-11(12-6-4-9)10-5-7-13-8-10/h2-9H,1H3. The van der Waals surface area contributed by atoms with Crippen LogP contribution in [0.3, 0.4) is 0 Å². The van der Waals surface area contributed by atoms with Crippen LogP contribution in [0.5, 0.6) is 0 Å². The number of hydrogen-bond donors (Lipinski definition) is 0. The summed E-state index contributed by atoms with van der Waals surface area (Å²) in [5, 5.41) is 4.19. The first kappa shape index (κ1) is 8.45. The van der Waals surface area contributed by atoms with E-state index in [2.05, 4.69) is 47.0 Å². The van der Waals surface area contributed by atoms with Crippen molar-refractivity contribution in [2.75, 3.05) is 0 Å². The summed E-state index contributed by atoms with van der Waals surface area (Å²) in [7, 11) is 0. The lowest BCUT2D eigenvalue weighted by atomic mass is 10.1. The molecule has 0 bridgehead atoms. The van der Waals surface area contributed by atoms with E-state index in [9.17, 15) is 0 Å². The molecular formula is C11H11NS. The topological polar surface area (TPSA) is 12.4 Å². The molecule has 0 fully saturated rings. The molecule has 2 heteroatoms. The van der Waals surface area contributed by atoms with E-state index in [0.717, 1.165) is 5.71 Å². The van der Waals surface area contributed by atoms with E-state index < -0.39 is 0 Å². The van der Waals surface area contributed by atoms with Crippen LogP contribution in [-0.4, -0.2) is 5.71 Å². The van der Waals surface area contributed by atoms with Gasteiger partial charge < -0.3 is 0 Å². The Hall–Kier alpha value is -1.15. The predicted octanol–water partition coefficient (Wildman–Crippen LogP) is 3.26. The van der Waals surface area contributed by atoms with Crippen LogP contribution in [0.15, 0.2) is 46.2 Å². The molecule has 66 valence electrons. The number of allylic oxidation sites excluding steroid dienone is 3. The Labute approximate surface area is 82.1 Å². The molecule has 1 atom stereocenters. The van der Waals surface area contributed by atoms with Gasteiger partial charge in [-0.05, 0) is 23.4 Å². The minimum atomic E-state index is 0.486. The van der Waals surface area contributed by atoms with Crippen molar-refractivity contribution in [2.24, 2.45) is 10.9 Å². The zero-order valence-electron chi connectivity index (χ0n) is 7.47. The Morgan fingerprint density at radius 3 is 3.08 bits per heavy atom. The predicted molar refractivity (Wildman–Crippen MR) is 58.3 cm³/mol. The fourth-order valence-corrected chi connectivity index (χ4v) is 1.84. The minimum absolute atomic E-state index is 0.486. The highest BCUT2D eigenvalue weighted by Gasteiger charge is 2.01. The van der Waals surface area contributed by atoms with Gasteiger partial charge in [-0.2, -0.15) is 11.3 Å². The van der Waals surface area contributed by atoms with Gasteiger partial charge >= 0.3 is 0 Å². The molecule has 1 aromatic heterocycles. The minimum Gasteiger partial charge on any atom is -0.257 e. The first-order valence-electron chi connectivity index (χ1n) is 4.31. The summed E-state index contributed by atoms with van der Waals surface area (Å²) < 4.78 is 0. The van der Waals surface area contributed by atoms with Crippen molar-refractivity contribution in [1.29, 1.82) is 0 Å². The number of aliphatic imine (C=N–C) groups is 1. The molecule has 1 aromatic rings. The van der Waals surface area contributed by atoms with Gasteiger partial charge in [-0.3, -0.25) is 4.99 Å². The molecule has 0 spiro atoms. The van der Waals surface area contributed by atoms with Gasteiger partial charge in [0.05, 0.1) is 5.71 Å². The maximum atomic E-state index is 4.37. The monoisotopic (exact) mass is 189 g/mol. The van der Waals surface area contributed by atoms with Gasteiger partial charge in [0.1, 0.15) is 0 Å². The maximum Gasteiger partial charge on any atom is 0.0707 e. The molecule has 0 saturated heterocycles. The zero-order chi connectivity index (χ0) is 9.10. The van der Waals surface area contributed by atoms with Crippen LogP contribution in [0.2, 0.25) is 0 Å². The summed E-state index contributed by atoms with van der Waals surface area (Å²) >= 11 is 1.70. The van der Waals surface area contributed by atoms with Crippen molar-refractivity contribution in [1.82, 2.24) is 0 Å². The molecule has 13 heavy (non-hydrogen) atoms. The van der Waals surface area contributed by atoms with Crippen LogP contribution in [-0.2, 0) is 0 Å². The van der Waals surface area contributed by atoms with E-state index in [1.807, 2.05) is 6.20 Å². The molecule has 1 unspecified atom stereocenters. The lowest BCUT2D eigenvalue weighted by Gasteiger charge is -1.94. The number of thiophene rings is 1. The van der Waals surface area contributed by atoms with Gasteiger partial charge in [0, 0.05) is 17.1 Å². The van der Waals surface area contributed by atoms with E-state index >= 15 is 0 Å². The lowest BCUT2D eigenvalue weighted by molar-refractivity contribution is 0.940. The van der Waals surface area contributed by atoms with Crippen molar-refractivity contribution >= 4 is 17.0 Å². The van der Waals surface area contributed by atoms with Crippen LogP contribution in [0.4, 0.5) is 0 Å². The van der Waals surface area contributed by atoms with E-state index in [4.69, 9.17) is 0 Å². The lowest BCUT2D eigenvalue weighted by Crippen LogP contribution is -1.92. The summed E-state index contributed by atoms with van der Waals surface area (Å²) in [6, 6.07) is 2.09. The molecule has 1 aliphatic heterocycles. The Morgan fingerprint density at radius 2 is 2.31 bits per heavy atom. The molecule has 0 amide bonds. The summed E-state index contributed by atoms with van der Waals surface area (Å²) in [6.45, 7) is 2.15. The molecule has 0 saturated carbocycles. The summed E-state index contributed by atoms with van der Waals surface area (Å²) in [6.07, 6.45) is 8.24. The Kier molecular flexibility index (Phi) is 2.41. The first-order valence-corrected chi connectivity index (χ1v) is 5.26. The summed E-state index contributed by atoms with van der Waals surface area (Å²) in [4.78, 5) is 4.37. The van der Waals surface area contributed by atoms with Crippen molar-refractivity contribution < 1.29 is 0 Å². The van der Waals surface area contributed by atoms with Gasteiger partial charge in [-0.1, -0.05) is 19.1 Å². The van der Waals surface area contributed by atoms with Crippen LogP contribution in [0, 0.1) is 5.92 Å². The van der Waals surface area contributed by atoms with E-state index in [1.54, 1.807) is 11.3 Å². The smallest absolute Gasteiger partial charge is 0.0707 e. The third-order valence-corrected chi connectivity index (χ3v) is 2.66. The van der Waals surface area contributed by atoms with E-state index in [0.29, 0.717) is 5.92 Å². The highest BCUT2D eigenvalue weighted by molar-refractivity contribution is 7.08. The molecule has 1 nitrogen and oxygen atoms in total. The Balaban J connectivity index is 2.31. The normalized spacial score (nSPS) is 21.3. The number of nitrogens with zero attached hydrogens (tertiary/aromatic N) is 1. The average molecular weight is 189 g/mol. The van der Waals surface area contributed by atoms with Crippen molar-refractivity contribution in [3.8, 4) is 0 Å². The van der Waals surface area contributed by atoms with Crippen LogP contribution in [0.1, 0.15) is 12.5 Å². The second-order valence-corrected chi connectivity index (χ2v) is 3.87. The molecular weight excluding hydrogens is 178 g/mol. The van der Waals surface area contributed by atoms with Gasteiger partial charge in [0.25, 0.3) is 0 Å². The van der Waals surface area contributed by atoms with Gasteiger partial charge in [0.15, 0.2) is 0 Å². The zero-order valence-corrected chi connectivity index (χ0v) is 8.29. The summed E-state index contributed by atoms with van der Waals surface area (Å²) in [5.74, 6) is 0.486. The fourth-order valence-electron chi connectivity index (χ4n) is 1.19. The first-order chi connectivity index (χ1) is 6.36. The second-order valence-electron chi connectivity index (χ2n) is 3.09. The SMILES string of the molecule is CC1C=CN=C(c2ccsc2)C=C1. The molecule has 2 heterocycles. The molecule has 0 radical (unpaired) electrons. The second kappa shape index (κ2) is 3.71. The third-order valence-electron chi connectivity index (χ3n) is 1.98. The van der Waals surface area contributed by atoms with Gasteiger partial charge in [-0.25, -0.2) is 0 Å². The van der Waals surface area contributed by atoms with Crippen molar-refractivity contribution in [3.05, 3.63) is 46.8 Å². The third kappa shape index (κ3) is 1.95. The van der Waals surface area contributed by atoms with Gasteiger partial charge in [0.2, 0.25) is 0 Å². The molecule has 1 aliphatic rings. The Morgan fingerprint density at radius 1 is 1.38 bits per heavy atom. The average Bonchev–Trinajstić information content (AvgIpc) is 2.56. The summed E-state index contributed by atoms with van der Waals surface area (Å²) in [5.41, 5.74) is 2.27. The highest BCUT2D eigenvalue weighted by Crippen LogP contribution is 2.12. The highest BCUT2D eigenvalue weighted by atomic mass is 32.1. The van der Waals surface area contributed by atoms with Gasteiger partial charge in [-0.15, -0.1) is 0 Å².